The molecule has 1 nitrogen and oxygen atoms in total. The Labute approximate surface area is 93.5 Å². The summed E-state index contributed by atoms with van der Waals surface area (Å²) >= 11 is 1.83. The van der Waals surface area contributed by atoms with E-state index in [1.807, 2.05) is 11.3 Å². The molecule has 0 aliphatic heterocycles. The smallest absolute Gasteiger partial charge is 0.120 e. The van der Waals surface area contributed by atoms with Crippen LogP contribution in [0.15, 0.2) is 29.8 Å². The van der Waals surface area contributed by atoms with E-state index in [1.165, 1.54) is 40.1 Å². The summed E-state index contributed by atoms with van der Waals surface area (Å²) in [5.41, 5.74) is 4.18. The maximum atomic E-state index is 4.71. The van der Waals surface area contributed by atoms with E-state index in [0.29, 0.717) is 0 Å². The molecule has 0 bridgehead atoms. The monoisotopic (exact) mass is 215 g/mol. The molecule has 1 aliphatic rings. The van der Waals surface area contributed by atoms with Crippen LogP contribution in [0.3, 0.4) is 0 Å². The van der Waals surface area contributed by atoms with E-state index in [2.05, 4.69) is 31.2 Å². The molecule has 0 saturated carbocycles. The third-order valence-corrected chi connectivity index (χ3v) is 4.14. The van der Waals surface area contributed by atoms with Crippen molar-refractivity contribution in [3.05, 3.63) is 34.8 Å². The van der Waals surface area contributed by atoms with Crippen molar-refractivity contribution in [1.29, 1.82) is 0 Å². The van der Waals surface area contributed by atoms with E-state index < -0.39 is 0 Å². The lowest BCUT2D eigenvalue weighted by Crippen LogP contribution is -1.79. The first-order valence-electron chi connectivity index (χ1n) is 5.39. The second-order valence-electron chi connectivity index (χ2n) is 4.10. The molecule has 1 aromatic heterocycles. The van der Waals surface area contributed by atoms with E-state index in [1.54, 1.807) is 0 Å². The highest BCUT2D eigenvalue weighted by atomic mass is 32.1. The number of fused-ring (bicyclic) bond motifs is 1. The van der Waals surface area contributed by atoms with E-state index >= 15 is 0 Å². The molecule has 0 atom stereocenters. The average Bonchev–Trinajstić information content (AvgIpc) is 2.82. The first-order chi connectivity index (χ1) is 7.34. The van der Waals surface area contributed by atoms with Crippen LogP contribution in [0.2, 0.25) is 0 Å². The maximum Gasteiger partial charge on any atom is 0.120 e. The largest absolute Gasteiger partial charge is 0.236 e. The Bertz CT molecular complexity index is 503. The highest BCUT2D eigenvalue weighted by molar-refractivity contribution is 7.19. The van der Waals surface area contributed by atoms with Crippen molar-refractivity contribution >= 4 is 27.1 Å². The molecular weight excluding hydrogens is 202 g/mol. The number of para-hydroxylation sites is 1. The van der Waals surface area contributed by atoms with Crippen molar-refractivity contribution in [3.63, 3.8) is 0 Å². The molecule has 1 aromatic carbocycles. The second kappa shape index (κ2) is 3.46. The second-order valence-corrected chi connectivity index (χ2v) is 5.13. The van der Waals surface area contributed by atoms with Gasteiger partial charge in [-0.3, -0.25) is 0 Å². The van der Waals surface area contributed by atoms with Gasteiger partial charge in [0.05, 0.1) is 10.2 Å². The van der Waals surface area contributed by atoms with E-state index in [9.17, 15) is 0 Å². The van der Waals surface area contributed by atoms with Crippen LogP contribution in [-0.4, -0.2) is 4.98 Å². The Hall–Kier alpha value is -1.15. The third-order valence-electron chi connectivity index (χ3n) is 3.05. The molecule has 1 aliphatic carbocycles. The van der Waals surface area contributed by atoms with Gasteiger partial charge in [0, 0.05) is 0 Å². The summed E-state index contributed by atoms with van der Waals surface area (Å²) in [4.78, 5) is 4.71. The summed E-state index contributed by atoms with van der Waals surface area (Å²) in [5, 5.41) is 1.24. The number of aromatic nitrogens is 1. The lowest BCUT2D eigenvalue weighted by Gasteiger charge is -1.96. The molecule has 0 amide bonds. The molecule has 3 rings (SSSR count). The third kappa shape index (κ3) is 1.49. The van der Waals surface area contributed by atoms with Gasteiger partial charge in [-0.15, -0.1) is 11.3 Å². The summed E-state index contributed by atoms with van der Waals surface area (Å²) < 4.78 is 1.31. The lowest BCUT2D eigenvalue weighted by molar-refractivity contribution is 0.910. The maximum absolute atomic E-state index is 4.71. The van der Waals surface area contributed by atoms with Crippen LogP contribution >= 0.6 is 11.3 Å². The van der Waals surface area contributed by atoms with Crippen molar-refractivity contribution < 1.29 is 0 Å². The predicted octanol–water partition coefficient (Wildman–Crippen LogP) is 4.25. The topological polar surface area (TPSA) is 12.9 Å². The molecule has 0 unspecified atom stereocenters. The van der Waals surface area contributed by atoms with Gasteiger partial charge in [0.25, 0.3) is 0 Å². The Morgan fingerprint density at radius 1 is 1.20 bits per heavy atom. The minimum atomic E-state index is 1.14. The molecule has 2 aromatic rings. The quantitative estimate of drug-likeness (QED) is 0.693. The van der Waals surface area contributed by atoms with Crippen molar-refractivity contribution in [3.8, 4) is 0 Å². The highest BCUT2D eigenvalue weighted by Gasteiger charge is 2.15. The molecule has 15 heavy (non-hydrogen) atoms. The SMILES string of the molecule is CC1=C(c2nc3ccccc3s2)CCC1. The number of hydrogen-bond donors (Lipinski definition) is 0. The zero-order valence-corrected chi connectivity index (χ0v) is 9.60. The minimum absolute atomic E-state index is 1.14. The van der Waals surface area contributed by atoms with Crippen molar-refractivity contribution in [2.45, 2.75) is 26.2 Å². The summed E-state index contributed by atoms with van der Waals surface area (Å²) in [5.74, 6) is 0. The molecular formula is C13H13NS. The molecule has 0 radical (unpaired) electrons. The zero-order chi connectivity index (χ0) is 10.3. The molecule has 0 saturated heterocycles. The van der Waals surface area contributed by atoms with Crippen LogP contribution in [0.5, 0.6) is 0 Å². The first kappa shape index (κ1) is 9.10. The molecule has 0 fully saturated rings. The molecule has 0 N–H and O–H groups in total. The van der Waals surface area contributed by atoms with Gasteiger partial charge in [-0.25, -0.2) is 4.98 Å². The summed E-state index contributed by atoms with van der Waals surface area (Å²) in [6.07, 6.45) is 3.77. The fourth-order valence-electron chi connectivity index (χ4n) is 2.19. The van der Waals surface area contributed by atoms with E-state index in [-0.39, 0.29) is 0 Å². The Kier molecular flexibility index (Phi) is 2.10. The van der Waals surface area contributed by atoms with E-state index in [0.717, 1.165) is 5.52 Å². The number of allylic oxidation sites excluding steroid dienone is 2. The van der Waals surface area contributed by atoms with Crippen LogP contribution in [0, 0.1) is 0 Å². The lowest BCUT2D eigenvalue weighted by atomic mass is 10.2. The molecule has 1 heterocycles. The van der Waals surface area contributed by atoms with Gasteiger partial charge < -0.3 is 0 Å². The summed E-state index contributed by atoms with van der Waals surface area (Å²) in [7, 11) is 0. The van der Waals surface area contributed by atoms with Crippen LogP contribution in [-0.2, 0) is 0 Å². The van der Waals surface area contributed by atoms with Crippen molar-refractivity contribution in [2.75, 3.05) is 0 Å². The fourth-order valence-corrected chi connectivity index (χ4v) is 3.30. The zero-order valence-electron chi connectivity index (χ0n) is 8.79. The van der Waals surface area contributed by atoms with Gasteiger partial charge in [0.2, 0.25) is 0 Å². The highest BCUT2D eigenvalue weighted by Crippen LogP contribution is 2.36. The van der Waals surface area contributed by atoms with Gasteiger partial charge in [-0.2, -0.15) is 0 Å². The number of thiazole rings is 1. The number of rotatable bonds is 1. The summed E-state index contributed by atoms with van der Waals surface area (Å²) in [6.45, 7) is 2.24. The van der Waals surface area contributed by atoms with Gasteiger partial charge in [0.1, 0.15) is 5.01 Å². The first-order valence-corrected chi connectivity index (χ1v) is 6.21. The average molecular weight is 215 g/mol. The van der Waals surface area contributed by atoms with Crippen LogP contribution in [0.1, 0.15) is 31.2 Å². The Morgan fingerprint density at radius 3 is 2.80 bits per heavy atom. The normalized spacial score (nSPS) is 16.6. The molecule has 2 heteroatoms. The standard InChI is InChI=1S/C13H13NS/c1-9-5-4-6-10(9)13-14-11-7-2-3-8-12(11)15-13/h2-3,7-8H,4-6H2,1H3. The van der Waals surface area contributed by atoms with Crippen molar-refractivity contribution in [1.82, 2.24) is 4.98 Å². The predicted molar refractivity (Wildman–Crippen MR) is 66.1 cm³/mol. The van der Waals surface area contributed by atoms with Crippen molar-refractivity contribution in [2.24, 2.45) is 0 Å². The minimum Gasteiger partial charge on any atom is -0.236 e. The van der Waals surface area contributed by atoms with Crippen LogP contribution < -0.4 is 0 Å². The molecule has 0 spiro atoms. The van der Waals surface area contributed by atoms with E-state index in [4.69, 9.17) is 4.98 Å². The Morgan fingerprint density at radius 2 is 2.07 bits per heavy atom. The number of nitrogens with zero attached hydrogens (tertiary/aromatic N) is 1. The molecule has 76 valence electrons. The van der Waals surface area contributed by atoms with Gasteiger partial charge in [-0.05, 0) is 43.9 Å². The van der Waals surface area contributed by atoms with Gasteiger partial charge in [-0.1, -0.05) is 17.7 Å². The Balaban J connectivity index is 2.16. The number of benzene rings is 1. The summed E-state index contributed by atoms with van der Waals surface area (Å²) in [6, 6.07) is 8.39. The van der Waals surface area contributed by atoms with Gasteiger partial charge in [0.15, 0.2) is 0 Å². The fraction of sp³-hybridized carbons (Fsp3) is 0.308. The van der Waals surface area contributed by atoms with Gasteiger partial charge >= 0.3 is 0 Å². The van der Waals surface area contributed by atoms with Crippen LogP contribution in [0.4, 0.5) is 0 Å². The number of hydrogen-bond acceptors (Lipinski definition) is 2. The van der Waals surface area contributed by atoms with Crippen LogP contribution in [0.25, 0.3) is 15.8 Å².